The second kappa shape index (κ2) is 44.2. The van der Waals surface area contributed by atoms with Crippen LogP contribution in [0.5, 0.6) is 0 Å². The summed E-state index contributed by atoms with van der Waals surface area (Å²) in [6.07, 6.45) is 52.9. The number of ether oxygens (including phenoxy) is 2. The van der Waals surface area contributed by atoms with E-state index in [2.05, 4.69) is 62.5 Å². The van der Waals surface area contributed by atoms with Crippen molar-refractivity contribution in [1.82, 2.24) is 0 Å². The molecule has 0 aromatic heterocycles. The lowest BCUT2D eigenvalue weighted by Crippen LogP contribution is -2.37. The lowest BCUT2D eigenvalue weighted by molar-refractivity contribution is -0.870. The fourth-order valence-electron chi connectivity index (χ4n) is 6.84. The predicted molar refractivity (Wildman–Crippen MR) is 259 cm³/mol. The molecule has 0 aliphatic carbocycles. The summed E-state index contributed by atoms with van der Waals surface area (Å²) in [7, 11) is 1.14. The molecule has 362 valence electrons. The number of rotatable bonds is 46. The Kier molecular flexibility index (Phi) is 42.7. The number of allylic oxidation sites excluding steroid dienone is 8. The van der Waals surface area contributed by atoms with Crippen LogP contribution in [0.3, 0.4) is 0 Å². The Bertz CT molecular complexity index is 1190. The zero-order chi connectivity index (χ0) is 45.7. The van der Waals surface area contributed by atoms with E-state index in [1.165, 1.54) is 141 Å². The van der Waals surface area contributed by atoms with Crippen molar-refractivity contribution in [2.75, 3.05) is 47.5 Å². The molecule has 62 heavy (non-hydrogen) atoms. The van der Waals surface area contributed by atoms with Crippen molar-refractivity contribution in [2.45, 2.75) is 225 Å². The second-order valence-electron chi connectivity index (χ2n) is 18.2. The number of nitrogens with zero attached hydrogens (tertiary/aromatic N) is 1. The Hall–Kier alpha value is -2.03. The first-order valence-corrected chi connectivity index (χ1v) is 26.8. The van der Waals surface area contributed by atoms with Crippen LogP contribution in [0, 0.1) is 0 Å². The van der Waals surface area contributed by atoms with Crippen molar-refractivity contribution in [1.29, 1.82) is 0 Å². The van der Waals surface area contributed by atoms with Gasteiger partial charge in [0.15, 0.2) is 6.10 Å². The van der Waals surface area contributed by atoms with E-state index >= 15 is 0 Å². The van der Waals surface area contributed by atoms with Gasteiger partial charge in [-0.2, -0.15) is 0 Å². The Morgan fingerprint density at radius 1 is 0.500 bits per heavy atom. The van der Waals surface area contributed by atoms with Crippen LogP contribution < -0.4 is 4.89 Å². The number of phosphoric ester groups is 1. The molecule has 0 aliphatic heterocycles. The maximum atomic E-state index is 12.7. The van der Waals surface area contributed by atoms with Gasteiger partial charge in [0, 0.05) is 12.8 Å². The van der Waals surface area contributed by atoms with Crippen LogP contribution in [0.4, 0.5) is 0 Å². The minimum Gasteiger partial charge on any atom is -0.756 e. The van der Waals surface area contributed by atoms with E-state index in [9.17, 15) is 19.0 Å². The van der Waals surface area contributed by atoms with E-state index in [0.29, 0.717) is 23.9 Å². The maximum absolute atomic E-state index is 12.7. The number of esters is 2. The highest BCUT2D eigenvalue weighted by Gasteiger charge is 2.21. The van der Waals surface area contributed by atoms with E-state index in [-0.39, 0.29) is 26.1 Å². The molecule has 0 amide bonds. The molecular weight excluding hydrogens is 798 g/mol. The topological polar surface area (TPSA) is 111 Å². The Balaban J connectivity index is 4.31. The molecule has 0 spiro atoms. The van der Waals surface area contributed by atoms with Crippen LogP contribution in [0.1, 0.15) is 219 Å². The molecule has 0 fully saturated rings. The molecular formula is C52H96NO8P. The molecule has 9 nitrogen and oxygen atoms in total. The first-order valence-electron chi connectivity index (χ1n) is 25.3. The molecule has 0 saturated carbocycles. The van der Waals surface area contributed by atoms with Crippen molar-refractivity contribution < 1.29 is 42.1 Å². The molecule has 0 radical (unpaired) electrons. The van der Waals surface area contributed by atoms with Gasteiger partial charge in [-0.3, -0.25) is 14.2 Å². The third-order valence-electron chi connectivity index (χ3n) is 10.8. The van der Waals surface area contributed by atoms with Gasteiger partial charge in [0.05, 0.1) is 27.7 Å². The first-order chi connectivity index (χ1) is 30.0. The maximum Gasteiger partial charge on any atom is 0.306 e. The minimum absolute atomic E-state index is 0.0406. The van der Waals surface area contributed by atoms with Gasteiger partial charge < -0.3 is 27.9 Å². The molecule has 0 aliphatic rings. The number of unbranched alkanes of at least 4 members (excludes halogenated alkanes) is 24. The van der Waals surface area contributed by atoms with E-state index in [1.54, 1.807) is 0 Å². The lowest BCUT2D eigenvalue weighted by atomic mass is 10.0. The highest BCUT2D eigenvalue weighted by Crippen LogP contribution is 2.38. The Labute approximate surface area is 382 Å². The highest BCUT2D eigenvalue weighted by molar-refractivity contribution is 7.45. The largest absolute Gasteiger partial charge is 0.756 e. The molecule has 0 aromatic carbocycles. The zero-order valence-electron chi connectivity index (χ0n) is 40.8. The third kappa shape index (κ3) is 47.4. The van der Waals surface area contributed by atoms with Crippen molar-refractivity contribution in [3.63, 3.8) is 0 Å². The normalized spacial score (nSPS) is 13.8. The molecule has 2 atom stereocenters. The van der Waals surface area contributed by atoms with Crippen molar-refractivity contribution in [3.8, 4) is 0 Å². The summed E-state index contributed by atoms with van der Waals surface area (Å²) in [6, 6.07) is 0. The number of hydrogen-bond donors (Lipinski definition) is 0. The molecule has 1 unspecified atom stereocenters. The number of likely N-dealkylation sites (N-methyl/N-ethyl adjacent to an activating group) is 1. The highest BCUT2D eigenvalue weighted by atomic mass is 31.2. The molecule has 0 bridgehead atoms. The van der Waals surface area contributed by atoms with Gasteiger partial charge in [-0.05, 0) is 70.6 Å². The van der Waals surface area contributed by atoms with Gasteiger partial charge in [-0.15, -0.1) is 0 Å². The van der Waals surface area contributed by atoms with E-state index < -0.39 is 32.5 Å². The number of carbonyl (C=O) groups excluding carboxylic acids is 2. The summed E-state index contributed by atoms with van der Waals surface area (Å²) in [6.45, 7) is 4.18. The fraction of sp³-hybridized carbons (Fsp3) is 0.808. The van der Waals surface area contributed by atoms with Crippen molar-refractivity contribution >= 4 is 19.8 Å². The number of hydrogen-bond acceptors (Lipinski definition) is 8. The third-order valence-corrected chi connectivity index (χ3v) is 11.8. The van der Waals surface area contributed by atoms with Crippen LogP contribution >= 0.6 is 7.82 Å². The molecule has 0 N–H and O–H groups in total. The monoisotopic (exact) mass is 894 g/mol. The average Bonchev–Trinajstić information content (AvgIpc) is 3.23. The van der Waals surface area contributed by atoms with Crippen LogP contribution in [0.15, 0.2) is 48.6 Å². The summed E-state index contributed by atoms with van der Waals surface area (Å²) in [5.41, 5.74) is 0. The van der Waals surface area contributed by atoms with E-state index in [0.717, 1.165) is 38.5 Å². The summed E-state index contributed by atoms with van der Waals surface area (Å²) >= 11 is 0. The van der Waals surface area contributed by atoms with Gasteiger partial charge in [-0.1, -0.05) is 184 Å². The van der Waals surface area contributed by atoms with Gasteiger partial charge >= 0.3 is 11.9 Å². The van der Waals surface area contributed by atoms with Crippen LogP contribution in [0.2, 0.25) is 0 Å². The van der Waals surface area contributed by atoms with E-state index in [4.69, 9.17) is 18.5 Å². The molecule has 0 saturated heterocycles. The van der Waals surface area contributed by atoms with Gasteiger partial charge in [0.2, 0.25) is 0 Å². The standard InChI is InChI=1S/C52H96NO8P/c1-6-8-10-12-14-16-18-20-22-24-25-26-27-29-30-32-34-36-38-40-42-44-51(54)58-48-50(49-60-62(56,57)59-47-46-53(3,4)5)61-52(55)45-43-41-39-37-35-33-31-28-23-21-19-17-15-13-11-9-7-2/h20-23,31,33,37,39,50H,6-19,24-30,32,34-36,38,40-49H2,1-5H3/b22-20+,23-21+,33-31+,39-37+/t50-/m1/s1. The average molecular weight is 894 g/mol. The number of phosphoric acid groups is 1. The zero-order valence-corrected chi connectivity index (χ0v) is 41.7. The van der Waals surface area contributed by atoms with Gasteiger partial charge in [0.25, 0.3) is 7.82 Å². The number of carbonyl (C=O) groups is 2. The quantitative estimate of drug-likeness (QED) is 0.0195. The predicted octanol–water partition coefficient (Wildman–Crippen LogP) is 14.4. The fourth-order valence-corrected chi connectivity index (χ4v) is 7.57. The summed E-state index contributed by atoms with van der Waals surface area (Å²) in [5.74, 6) is -0.892. The first kappa shape index (κ1) is 60.0. The molecule has 0 rings (SSSR count). The molecule has 0 heterocycles. The second-order valence-corrected chi connectivity index (χ2v) is 19.6. The summed E-state index contributed by atoms with van der Waals surface area (Å²) in [5, 5.41) is 0. The summed E-state index contributed by atoms with van der Waals surface area (Å²) < 4.78 is 34.0. The smallest absolute Gasteiger partial charge is 0.306 e. The van der Waals surface area contributed by atoms with Crippen molar-refractivity contribution in [2.24, 2.45) is 0 Å². The number of quaternary nitrogens is 1. The molecule has 10 heteroatoms. The summed E-state index contributed by atoms with van der Waals surface area (Å²) in [4.78, 5) is 37.7. The Morgan fingerprint density at radius 3 is 1.35 bits per heavy atom. The SMILES string of the molecule is CCCCCCCC/C=C/C/C=C/C/C=C/CCCC(=O)O[C@H](COC(=O)CCCCCCCCCCCCC/C=C/CCCCCCCC)COP(=O)([O-])OCC[N+](C)(C)C. The molecule has 0 aromatic rings. The van der Waals surface area contributed by atoms with Gasteiger partial charge in [-0.25, -0.2) is 0 Å². The minimum atomic E-state index is -4.64. The van der Waals surface area contributed by atoms with Crippen LogP contribution in [-0.2, 0) is 32.7 Å². The Morgan fingerprint density at radius 2 is 0.887 bits per heavy atom. The van der Waals surface area contributed by atoms with Gasteiger partial charge in [0.1, 0.15) is 19.8 Å². The van der Waals surface area contributed by atoms with Crippen LogP contribution in [-0.4, -0.2) is 70.0 Å². The van der Waals surface area contributed by atoms with Crippen LogP contribution in [0.25, 0.3) is 0 Å². The van der Waals surface area contributed by atoms with E-state index in [1.807, 2.05) is 21.1 Å². The van der Waals surface area contributed by atoms with Crippen molar-refractivity contribution in [3.05, 3.63) is 48.6 Å². The lowest BCUT2D eigenvalue weighted by Gasteiger charge is -2.28.